The summed E-state index contributed by atoms with van der Waals surface area (Å²) in [4.78, 5) is 26.5. The number of benzene rings is 1. The zero-order chi connectivity index (χ0) is 19.9. The van der Waals surface area contributed by atoms with Crippen molar-refractivity contribution in [3.05, 3.63) is 42.1 Å². The molecule has 1 aliphatic rings. The molecular weight excluding hydrogens is 360 g/mol. The molecule has 0 saturated carbocycles. The van der Waals surface area contributed by atoms with Crippen LogP contribution in [0.5, 0.6) is 11.6 Å². The summed E-state index contributed by atoms with van der Waals surface area (Å²) in [5.74, 6) is 1.15. The van der Waals surface area contributed by atoms with Gasteiger partial charge in [-0.25, -0.2) is 0 Å². The summed E-state index contributed by atoms with van der Waals surface area (Å²) in [6, 6.07) is 9.32. The van der Waals surface area contributed by atoms with Crippen LogP contribution in [-0.2, 0) is 11.8 Å². The molecule has 1 aromatic heterocycles. The summed E-state index contributed by atoms with van der Waals surface area (Å²) < 4.78 is 12.2. The van der Waals surface area contributed by atoms with Crippen LogP contribution in [0.3, 0.4) is 0 Å². The van der Waals surface area contributed by atoms with Crippen molar-refractivity contribution in [2.45, 2.75) is 12.8 Å². The number of amides is 2. The van der Waals surface area contributed by atoms with E-state index in [1.807, 2.05) is 35.2 Å². The second kappa shape index (κ2) is 9.25. The minimum atomic E-state index is -0.195. The molecule has 3 rings (SSSR count). The number of hydrogen-bond acceptors (Lipinski definition) is 5. The molecule has 2 heterocycles. The fourth-order valence-corrected chi connectivity index (χ4v) is 3.25. The maximum absolute atomic E-state index is 12.3. The van der Waals surface area contributed by atoms with Gasteiger partial charge in [-0.1, -0.05) is 18.2 Å². The predicted molar refractivity (Wildman–Crippen MR) is 103 cm³/mol. The maximum atomic E-state index is 12.3. The Labute approximate surface area is 164 Å². The Balaban J connectivity index is 1.40. The Bertz CT molecular complexity index is 798. The summed E-state index contributed by atoms with van der Waals surface area (Å²) >= 11 is 0. The van der Waals surface area contributed by atoms with E-state index in [2.05, 4.69) is 10.4 Å². The van der Waals surface area contributed by atoms with E-state index in [0.717, 1.165) is 12.8 Å². The Morgan fingerprint density at radius 1 is 1.21 bits per heavy atom. The van der Waals surface area contributed by atoms with Crippen molar-refractivity contribution in [2.75, 3.05) is 33.4 Å². The molecule has 8 nitrogen and oxygen atoms in total. The van der Waals surface area contributed by atoms with Crippen LogP contribution in [0.2, 0.25) is 0 Å². The summed E-state index contributed by atoms with van der Waals surface area (Å²) in [7, 11) is 3.24. The van der Waals surface area contributed by atoms with Crippen LogP contribution in [0.15, 0.2) is 36.5 Å². The van der Waals surface area contributed by atoms with Gasteiger partial charge in [0, 0.05) is 32.9 Å². The molecule has 1 N–H and O–H groups in total. The number of methoxy groups -OCH3 is 1. The Hall–Kier alpha value is -3.03. The third-order valence-electron chi connectivity index (χ3n) is 4.86. The summed E-state index contributed by atoms with van der Waals surface area (Å²) in [6.45, 7) is 1.97. The van der Waals surface area contributed by atoms with E-state index in [9.17, 15) is 9.59 Å². The van der Waals surface area contributed by atoms with Crippen molar-refractivity contribution in [1.82, 2.24) is 20.0 Å². The van der Waals surface area contributed by atoms with Crippen LogP contribution in [0, 0.1) is 5.92 Å². The van der Waals surface area contributed by atoms with Crippen molar-refractivity contribution >= 4 is 11.8 Å². The standard InChI is InChI=1S/C20H26N4O4/c1-23-13-17(20(22-23)27-2)19(26)21-12-15-8-10-24(11-9-15)18(25)14-28-16-6-4-3-5-7-16/h3-7,13,15H,8-12,14H2,1-2H3,(H,21,26). The van der Waals surface area contributed by atoms with Gasteiger partial charge in [-0.3, -0.25) is 14.3 Å². The van der Waals surface area contributed by atoms with Crippen LogP contribution >= 0.6 is 0 Å². The number of carbonyl (C=O) groups is 2. The van der Waals surface area contributed by atoms with Crippen LogP contribution in [0.1, 0.15) is 23.2 Å². The number of hydrogen-bond donors (Lipinski definition) is 1. The molecule has 0 aliphatic carbocycles. The van der Waals surface area contributed by atoms with Crippen LogP contribution < -0.4 is 14.8 Å². The number of aromatic nitrogens is 2. The van der Waals surface area contributed by atoms with Crippen molar-refractivity contribution < 1.29 is 19.1 Å². The molecule has 8 heteroatoms. The number of rotatable bonds is 7. The summed E-state index contributed by atoms with van der Waals surface area (Å²) in [6.07, 6.45) is 3.34. The van der Waals surface area contributed by atoms with Crippen molar-refractivity contribution in [1.29, 1.82) is 0 Å². The smallest absolute Gasteiger partial charge is 0.260 e. The summed E-state index contributed by atoms with van der Waals surface area (Å²) in [5, 5.41) is 7.04. The third kappa shape index (κ3) is 5.03. The van der Waals surface area contributed by atoms with E-state index in [1.54, 1.807) is 17.9 Å². The molecule has 0 atom stereocenters. The van der Waals surface area contributed by atoms with Crippen molar-refractivity contribution in [3.63, 3.8) is 0 Å². The maximum Gasteiger partial charge on any atom is 0.260 e. The van der Waals surface area contributed by atoms with Gasteiger partial charge in [0.25, 0.3) is 11.8 Å². The number of carbonyl (C=O) groups excluding carboxylic acids is 2. The van der Waals surface area contributed by atoms with Gasteiger partial charge < -0.3 is 19.7 Å². The SMILES string of the molecule is COc1nn(C)cc1C(=O)NCC1CCN(C(=O)COc2ccccc2)CC1. The Morgan fingerprint density at radius 3 is 2.61 bits per heavy atom. The summed E-state index contributed by atoms with van der Waals surface area (Å²) in [5.41, 5.74) is 0.427. The van der Waals surface area contributed by atoms with Crippen molar-refractivity contribution in [2.24, 2.45) is 13.0 Å². The molecule has 1 saturated heterocycles. The lowest BCUT2D eigenvalue weighted by Gasteiger charge is -2.32. The zero-order valence-corrected chi connectivity index (χ0v) is 16.3. The molecule has 1 aliphatic heterocycles. The second-order valence-electron chi connectivity index (χ2n) is 6.86. The highest BCUT2D eigenvalue weighted by Gasteiger charge is 2.24. The average Bonchev–Trinajstić information content (AvgIpc) is 3.12. The molecule has 2 amide bonds. The van der Waals surface area contributed by atoms with Gasteiger partial charge in [-0.15, -0.1) is 5.10 Å². The lowest BCUT2D eigenvalue weighted by atomic mass is 9.96. The number of nitrogens with one attached hydrogen (secondary N) is 1. The number of ether oxygens (including phenoxy) is 2. The lowest BCUT2D eigenvalue weighted by Crippen LogP contribution is -2.43. The molecule has 28 heavy (non-hydrogen) atoms. The molecule has 150 valence electrons. The Kier molecular flexibility index (Phi) is 6.52. The molecular formula is C20H26N4O4. The van der Waals surface area contributed by atoms with Crippen molar-refractivity contribution in [3.8, 4) is 11.6 Å². The number of likely N-dealkylation sites (tertiary alicyclic amines) is 1. The van der Waals surface area contributed by atoms with Gasteiger partial charge in [0.2, 0.25) is 5.88 Å². The second-order valence-corrected chi connectivity index (χ2v) is 6.86. The van der Waals surface area contributed by atoms with Crippen LogP contribution in [0.4, 0.5) is 0 Å². The highest BCUT2D eigenvalue weighted by atomic mass is 16.5. The highest BCUT2D eigenvalue weighted by molar-refractivity contribution is 5.96. The fourth-order valence-electron chi connectivity index (χ4n) is 3.25. The van der Waals surface area contributed by atoms with Crippen LogP contribution in [-0.4, -0.2) is 59.8 Å². The van der Waals surface area contributed by atoms with Gasteiger partial charge in [0.15, 0.2) is 6.61 Å². The number of aryl methyl sites for hydroxylation is 1. The largest absolute Gasteiger partial charge is 0.484 e. The van der Waals surface area contributed by atoms with Gasteiger partial charge >= 0.3 is 0 Å². The first-order valence-electron chi connectivity index (χ1n) is 9.38. The fraction of sp³-hybridized carbons (Fsp3) is 0.450. The third-order valence-corrected chi connectivity index (χ3v) is 4.86. The van der Waals surface area contributed by atoms with E-state index in [0.29, 0.717) is 42.7 Å². The topological polar surface area (TPSA) is 85.7 Å². The van der Waals surface area contributed by atoms with Gasteiger partial charge in [-0.05, 0) is 30.9 Å². The normalized spacial score (nSPS) is 14.6. The predicted octanol–water partition coefficient (Wildman–Crippen LogP) is 1.48. The Morgan fingerprint density at radius 2 is 1.93 bits per heavy atom. The molecule has 0 unspecified atom stereocenters. The monoisotopic (exact) mass is 386 g/mol. The van der Waals surface area contributed by atoms with Gasteiger partial charge in [0.1, 0.15) is 11.3 Å². The quantitative estimate of drug-likeness (QED) is 0.779. The molecule has 2 aromatic rings. The minimum absolute atomic E-state index is 0.00793. The molecule has 1 fully saturated rings. The first kappa shape index (κ1) is 19.7. The highest BCUT2D eigenvalue weighted by Crippen LogP contribution is 2.18. The first-order chi connectivity index (χ1) is 13.6. The number of piperidine rings is 1. The number of para-hydroxylation sites is 1. The molecule has 0 bridgehead atoms. The van der Waals surface area contributed by atoms with E-state index in [-0.39, 0.29) is 18.4 Å². The first-order valence-corrected chi connectivity index (χ1v) is 9.38. The number of nitrogens with zero attached hydrogens (tertiary/aromatic N) is 3. The lowest BCUT2D eigenvalue weighted by molar-refractivity contribution is -0.134. The van der Waals surface area contributed by atoms with E-state index >= 15 is 0 Å². The molecule has 1 aromatic carbocycles. The minimum Gasteiger partial charge on any atom is -0.484 e. The van der Waals surface area contributed by atoms with Gasteiger partial charge in [-0.2, -0.15) is 0 Å². The zero-order valence-electron chi connectivity index (χ0n) is 16.3. The van der Waals surface area contributed by atoms with E-state index in [4.69, 9.17) is 9.47 Å². The molecule has 0 radical (unpaired) electrons. The van der Waals surface area contributed by atoms with Gasteiger partial charge in [0.05, 0.1) is 7.11 Å². The average molecular weight is 386 g/mol. The molecule has 0 spiro atoms. The van der Waals surface area contributed by atoms with Crippen LogP contribution in [0.25, 0.3) is 0 Å². The van der Waals surface area contributed by atoms with E-state index < -0.39 is 0 Å². The van der Waals surface area contributed by atoms with E-state index in [1.165, 1.54) is 7.11 Å².